The molecule has 1 heterocycles. The number of anilines is 2. The van der Waals surface area contributed by atoms with Crippen LogP contribution in [0.3, 0.4) is 0 Å². The van der Waals surface area contributed by atoms with E-state index >= 15 is 0 Å². The van der Waals surface area contributed by atoms with Crippen molar-refractivity contribution in [1.82, 2.24) is 0 Å². The molecule has 29 heavy (non-hydrogen) atoms. The van der Waals surface area contributed by atoms with Crippen LogP contribution in [-0.2, 0) is 9.59 Å². The number of carbonyl (C=O) groups excluding carboxylic acids is 2. The largest absolute Gasteiger partial charge is 0.478 e. The van der Waals surface area contributed by atoms with Gasteiger partial charge in [-0.2, -0.15) is 0 Å². The van der Waals surface area contributed by atoms with Crippen LogP contribution in [-0.4, -0.2) is 29.4 Å². The molecule has 0 radical (unpaired) electrons. The van der Waals surface area contributed by atoms with E-state index in [0.29, 0.717) is 11.4 Å². The molecule has 1 N–H and O–H groups in total. The van der Waals surface area contributed by atoms with Crippen molar-refractivity contribution in [2.75, 3.05) is 16.8 Å². The average molecular weight is 397 g/mol. The molecule has 2 amide bonds. The van der Waals surface area contributed by atoms with Crippen LogP contribution >= 0.6 is 0 Å². The molecule has 1 aliphatic rings. The van der Waals surface area contributed by atoms with Crippen molar-refractivity contribution in [3.63, 3.8) is 0 Å². The Labute approximate surface area is 168 Å². The Bertz CT molecular complexity index is 986. The van der Waals surface area contributed by atoms with Gasteiger partial charge in [-0.25, -0.2) is 0 Å². The van der Waals surface area contributed by atoms with Gasteiger partial charge in [0.1, 0.15) is 6.54 Å². The van der Waals surface area contributed by atoms with Crippen molar-refractivity contribution in [3.8, 4) is 5.75 Å². The van der Waals surface area contributed by atoms with Gasteiger partial charge in [-0.1, -0.05) is 26.0 Å². The highest BCUT2D eigenvalue weighted by Gasteiger charge is 2.38. The third-order valence-electron chi connectivity index (χ3n) is 4.78. The van der Waals surface area contributed by atoms with Crippen LogP contribution < -0.4 is 15.0 Å². The highest BCUT2D eigenvalue weighted by atomic mass is 16.6. The molecule has 0 spiro atoms. The van der Waals surface area contributed by atoms with E-state index in [9.17, 15) is 19.7 Å². The van der Waals surface area contributed by atoms with Crippen LogP contribution in [0, 0.1) is 29.9 Å². The van der Waals surface area contributed by atoms with Gasteiger partial charge in [-0.15, -0.1) is 0 Å². The molecule has 0 bridgehead atoms. The van der Waals surface area contributed by atoms with E-state index in [2.05, 4.69) is 5.32 Å². The molecule has 2 aromatic rings. The van der Waals surface area contributed by atoms with Gasteiger partial charge in [-0.05, 0) is 43.0 Å². The minimum absolute atomic E-state index is 0.139. The molecule has 3 rings (SSSR count). The summed E-state index contributed by atoms with van der Waals surface area (Å²) in [6, 6.07) is 9.74. The van der Waals surface area contributed by atoms with E-state index in [-0.39, 0.29) is 35.7 Å². The second kappa shape index (κ2) is 7.90. The van der Waals surface area contributed by atoms with Gasteiger partial charge in [0.2, 0.25) is 5.91 Å². The van der Waals surface area contributed by atoms with Crippen LogP contribution in [0.15, 0.2) is 36.4 Å². The lowest BCUT2D eigenvalue weighted by atomic mass is 10.0. The van der Waals surface area contributed by atoms with Crippen molar-refractivity contribution in [2.24, 2.45) is 5.92 Å². The maximum Gasteiger partial charge on any atom is 0.273 e. The molecule has 0 saturated carbocycles. The molecule has 0 aliphatic carbocycles. The summed E-state index contributed by atoms with van der Waals surface area (Å²) in [7, 11) is 0. The minimum atomic E-state index is -0.821. The maximum atomic E-state index is 12.9. The molecule has 0 fully saturated rings. The van der Waals surface area contributed by atoms with Crippen LogP contribution in [0.2, 0.25) is 0 Å². The number of benzene rings is 2. The Hall–Kier alpha value is -3.42. The van der Waals surface area contributed by atoms with Gasteiger partial charge in [0.15, 0.2) is 11.9 Å². The summed E-state index contributed by atoms with van der Waals surface area (Å²) in [5, 5.41) is 13.9. The van der Waals surface area contributed by atoms with Crippen LogP contribution in [0.25, 0.3) is 0 Å². The van der Waals surface area contributed by atoms with Crippen molar-refractivity contribution in [2.45, 2.75) is 33.8 Å². The molecule has 1 unspecified atom stereocenters. The molecular formula is C21H23N3O5. The summed E-state index contributed by atoms with van der Waals surface area (Å²) in [5.41, 5.74) is 2.80. The third-order valence-corrected chi connectivity index (χ3v) is 4.78. The Kier molecular flexibility index (Phi) is 5.54. The Morgan fingerprint density at radius 3 is 2.62 bits per heavy atom. The van der Waals surface area contributed by atoms with Crippen LogP contribution in [0.4, 0.5) is 17.1 Å². The summed E-state index contributed by atoms with van der Waals surface area (Å²) >= 11 is 0. The van der Waals surface area contributed by atoms with Gasteiger partial charge in [0, 0.05) is 11.8 Å². The zero-order chi connectivity index (χ0) is 21.3. The number of nitro benzene ring substituents is 1. The number of amides is 2. The van der Waals surface area contributed by atoms with Gasteiger partial charge in [-0.3, -0.25) is 24.6 Å². The van der Waals surface area contributed by atoms with Crippen molar-refractivity contribution in [3.05, 3.63) is 57.6 Å². The van der Waals surface area contributed by atoms with E-state index in [4.69, 9.17) is 4.74 Å². The zero-order valence-electron chi connectivity index (χ0n) is 16.8. The van der Waals surface area contributed by atoms with Gasteiger partial charge in [0.05, 0.1) is 16.7 Å². The third kappa shape index (κ3) is 4.21. The normalized spacial score (nSPS) is 15.7. The number of aryl methyl sites for hydroxylation is 2. The topological polar surface area (TPSA) is 102 Å². The number of nitrogens with zero attached hydrogens (tertiary/aromatic N) is 2. The van der Waals surface area contributed by atoms with Crippen LogP contribution in [0.1, 0.15) is 25.0 Å². The Balaban J connectivity index is 1.90. The Morgan fingerprint density at radius 2 is 1.97 bits per heavy atom. The lowest BCUT2D eigenvalue weighted by molar-refractivity contribution is -0.384. The standard InChI is InChI=1S/C21H23N3O5/c1-12(2)20-21(26)23(17-8-7-15(24(27)28)10-18(17)29-20)11-19(25)22-16-9-13(3)5-6-14(16)4/h5-10,12,20H,11H2,1-4H3,(H,22,25). The first-order valence-corrected chi connectivity index (χ1v) is 9.31. The van der Waals surface area contributed by atoms with E-state index in [1.807, 2.05) is 45.9 Å². The number of nitro groups is 1. The summed E-state index contributed by atoms with van der Waals surface area (Å²) < 4.78 is 5.73. The zero-order valence-corrected chi connectivity index (χ0v) is 16.8. The maximum absolute atomic E-state index is 12.9. The lowest BCUT2D eigenvalue weighted by Crippen LogP contribution is -2.50. The predicted octanol–water partition coefficient (Wildman–Crippen LogP) is 3.60. The van der Waals surface area contributed by atoms with Crippen LogP contribution in [0.5, 0.6) is 5.75 Å². The first-order valence-electron chi connectivity index (χ1n) is 9.31. The molecule has 8 nitrogen and oxygen atoms in total. The molecule has 2 aromatic carbocycles. The molecule has 1 aliphatic heterocycles. The second-order valence-electron chi connectivity index (χ2n) is 7.48. The molecule has 8 heteroatoms. The Morgan fingerprint density at radius 1 is 1.24 bits per heavy atom. The van der Waals surface area contributed by atoms with Gasteiger partial charge < -0.3 is 10.1 Å². The number of fused-ring (bicyclic) bond motifs is 1. The summed E-state index contributed by atoms with van der Waals surface area (Å²) in [6.45, 7) is 7.23. The summed E-state index contributed by atoms with van der Waals surface area (Å²) in [6.07, 6.45) is -0.821. The first-order chi connectivity index (χ1) is 13.7. The van der Waals surface area contributed by atoms with Crippen molar-refractivity contribution < 1.29 is 19.2 Å². The number of nitrogens with one attached hydrogen (secondary N) is 1. The highest BCUT2D eigenvalue weighted by Crippen LogP contribution is 2.38. The molecular weight excluding hydrogens is 374 g/mol. The SMILES string of the molecule is Cc1ccc(C)c(NC(=O)CN2C(=O)C(C(C)C)Oc3cc([N+](=O)[O-])ccc32)c1. The van der Waals surface area contributed by atoms with E-state index in [0.717, 1.165) is 11.1 Å². The number of non-ortho nitro benzene ring substituents is 1. The number of rotatable bonds is 5. The van der Waals surface area contributed by atoms with Crippen molar-refractivity contribution >= 4 is 28.9 Å². The fourth-order valence-electron chi connectivity index (χ4n) is 3.18. The monoisotopic (exact) mass is 397 g/mol. The summed E-state index contributed by atoms with van der Waals surface area (Å²) in [5.74, 6) is -0.658. The fourth-order valence-corrected chi connectivity index (χ4v) is 3.18. The minimum Gasteiger partial charge on any atom is -0.478 e. The van der Waals surface area contributed by atoms with E-state index < -0.39 is 11.0 Å². The molecule has 152 valence electrons. The van der Waals surface area contributed by atoms with Crippen molar-refractivity contribution in [1.29, 1.82) is 0 Å². The fraction of sp³-hybridized carbons (Fsp3) is 0.333. The molecule has 0 aromatic heterocycles. The number of carbonyl (C=O) groups is 2. The first kappa shape index (κ1) is 20.3. The summed E-state index contributed by atoms with van der Waals surface area (Å²) in [4.78, 5) is 37.5. The lowest BCUT2D eigenvalue weighted by Gasteiger charge is -2.35. The number of hydrogen-bond donors (Lipinski definition) is 1. The molecule has 1 atom stereocenters. The molecule has 0 saturated heterocycles. The van der Waals surface area contributed by atoms with Gasteiger partial charge in [0.25, 0.3) is 11.6 Å². The second-order valence-corrected chi connectivity index (χ2v) is 7.48. The van der Waals surface area contributed by atoms with E-state index in [1.54, 1.807) is 0 Å². The predicted molar refractivity (Wildman–Crippen MR) is 109 cm³/mol. The number of hydrogen-bond acceptors (Lipinski definition) is 5. The smallest absolute Gasteiger partial charge is 0.273 e. The number of ether oxygens (including phenoxy) is 1. The van der Waals surface area contributed by atoms with E-state index in [1.165, 1.54) is 23.1 Å². The highest BCUT2D eigenvalue weighted by molar-refractivity contribution is 6.06. The van der Waals surface area contributed by atoms with Gasteiger partial charge >= 0.3 is 0 Å². The quantitative estimate of drug-likeness (QED) is 0.613. The average Bonchev–Trinajstić information content (AvgIpc) is 2.66.